The molecule has 0 radical (unpaired) electrons. The van der Waals surface area contributed by atoms with E-state index in [0.29, 0.717) is 10.9 Å². The summed E-state index contributed by atoms with van der Waals surface area (Å²) >= 11 is -2.34. The summed E-state index contributed by atoms with van der Waals surface area (Å²) in [4.78, 5) is 15.7. The van der Waals surface area contributed by atoms with Crippen molar-refractivity contribution in [1.29, 1.82) is 0 Å². The van der Waals surface area contributed by atoms with E-state index in [2.05, 4.69) is 27.2 Å². The van der Waals surface area contributed by atoms with Crippen molar-refractivity contribution in [2.24, 2.45) is 12.5 Å². The van der Waals surface area contributed by atoms with E-state index in [-0.39, 0.29) is 17.6 Å². The molecule has 7 nitrogen and oxygen atoms in total. The van der Waals surface area contributed by atoms with Crippen LogP contribution in [-0.4, -0.2) is 24.9 Å². The third-order valence-electron chi connectivity index (χ3n) is 7.05. The normalized spacial score (nSPS) is 22.0. The maximum absolute atomic E-state index is 12.6. The first-order valence-corrected chi connectivity index (χ1v) is 11.8. The number of aryl methyl sites for hydroxylation is 1. The zero-order chi connectivity index (χ0) is 21.8. The molecule has 2 aromatic heterocycles. The summed E-state index contributed by atoms with van der Waals surface area (Å²) in [5.74, 6) is 0. The van der Waals surface area contributed by atoms with Crippen LogP contribution in [0.3, 0.4) is 0 Å². The van der Waals surface area contributed by atoms with Crippen molar-refractivity contribution in [3.63, 3.8) is 0 Å². The summed E-state index contributed by atoms with van der Waals surface area (Å²) in [6, 6.07) is 8.03. The Morgan fingerprint density at radius 3 is 2.81 bits per heavy atom. The number of H-pyrrole nitrogens is 1. The molecule has 3 unspecified atom stereocenters. The highest BCUT2D eigenvalue weighted by atomic mass is 32.2. The summed E-state index contributed by atoms with van der Waals surface area (Å²) in [6.07, 6.45) is 8.63. The first-order valence-electron chi connectivity index (χ1n) is 10.8. The highest BCUT2D eigenvalue weighted by molar-refractivity contribution is 7.77. The lowest BCUT2D eigenvalue weighted by molar-refractivity contribution is 0.286. The Morgan fingerprint density at radius 1 is 1.26 bits per heavy atom. The quantitative estimate of drug-likeness (QED) is 0.531. The van der Waals surface area contributed by atoms with Crippen LogP contribution >= 0.6 is 0 Å². The van der Waals surface area contributed by atoms with Gasteiger partial charge in [-0.25, -0.2) is 4.72 Å². The molecule has 1 saturated heterocycles. The molecule has 1 spiro atoms. The predicted octanol–water partition coefficient (Wildman–Crippen LogP) is 3.18. The van der Waals surface area contributed by atoms with Gasteiger partial charge < -0.3 is 19.4 Å². The zero-order valence-corrected chi connectivity index (χ0v) is 18.6. The smallest absolute Gasteiger partial charge is 0.274 e. The molecule has 3 atom stereocenters. The van der Waals surface area contributed by atoms with Crippen LogP contribution in [0.15, 0.2) is 41.5 Å². The first kappa shape index (κ1) is 20.6. The molecular weight excluding hydrogens is 412 g/mol. The number of nitrogens with one attached hydrogen (secondary N) is 3. The molecule has 1 aliphatic heterocycles. The van der Waals surface area contributed by atoms with E-state index in [9.17, 15) is 13.6 Å². The number of piperidine rings is 1. The van der Waals surface area contributed by atoms with Crippen molar-refractivity contribution in [3.8, 4) is 11.1 Å². The van der Waals surface area contributed by atoms with E-state index >= 15 is 0 Å². The van der Waals surface area contributed by atoms with Crippen molar-refractivity contribution in [2.45, 2.75) is 44.7 Å². The number of rotatable bonds is 5. The maximum Gasteiger partial charge on any atom is 0.274 e. The average molecular weight is 440 g/mol. The highest BCUT2D eigenvalue weighted by Gasteiger charge is 2.46. The third-order valence-corrected chi connectivity index (χ3v) is 7.60. The first-order chi connectivity index (χ1) is 14.9. The number of fused-ring (bicyclic) bond motifs is 1. The topological polar surface area (TPSA) is 102 Å². The van der Waals surface area contributed by atoms with Crippen LogP contribution in [0.2, 0.25) is 0 Å². The van der Waals surface area contributed by atoms with Crippen LogP contribution in [0.25, 0.3) is 22.0 Å². The average Bonchev–Trinajstić information content (AvgIpc) is 3.29. The molecule has 0 amide bonds. The van der Waals surface area contributed by atoms with Crippen LogP contribution in [0.5, 0.6) is 0 Å². The van der Waals surface area contributed by atoms with Gasteiger partial charge >= 0.3 is 0 Å². The van der Waals surface area contributed by atoms with Crippen LogP contribution in [0, 0.1) is 5.41 Å². The van der Waals surface area contributed by atoms with E-state index in [1.807, 2.05) is 25.3 Å². The Hall–Kier alpha value is -2.26. The molecule has 2 aliphatic rings. The minimum Gasteiger partial charge on any atom is -0.760 e. The summed E-state index contributed by atoms with van der Waals surface area (Å²) in [6.45, 7) is 2.84. The molecule has 3 aromatic rings. The SMILES string of the molecule is CC(NS(=O)[O-])c1ccc(C2CC3(CCN2)CC3)c(-c2cn(C)c(=O)c3[nH]ccc23)c1. The lowest BCUT2D eigenvalue weighted by atomic mass is 9.82. The predicted molar refractivity (Wildman–Crippen MR) is 121 cm³/mol. The number of benzene rings is 1. The number of aromatic amines is 1. The highest BCUT2D eigenvalue weighted by Crippen LogP contribution is 2.56. The Morgan fingerprint density at radius 2 is 2.06 bits per heavy atom. The fourth-order valence-electron chi connectivity index (χ4n) is 5.05. The number of nitrogens with zero attached hydrogens (tertiary/aromatic N) is 1. The Labute approximate surface area is 183 Å². The van der Waals surface area contributed by atoms with Gasteiger partial charge in [0.2, 0.25) is 0 Å². The van der Waals surface area contributed by atoms with E-state index < -0.39 is 11.3 Å². The van der Waals surface area contributed by atoms with Crippen LogP contribution < -0.4 is 15.6 Å². The van der Waals surface area contributed by atoms with E-state index in [1.54, 1.807) is 17.8 Å². The third kappa shape index (κ3) is 3.78. The summed E-state index contributed by atoms with van der Waals surface area (Å²) in [5.41, 5.74) is 5.10. The molecule has 31 heavy (non-hydrogen) atoms. The van der Waals surface area contributed by atoms with Gasteiger partial charge in [0.05, 0.1) is 0 Å². The van der Waals surface area contributed by atoms with Gasteiger partial charge in [-0.2, -0.15) is 0 Å². The lowest BCUT2D eigenvalue weighted by Crippen LogP contribution is -2.33. The van der Waals surface area contributed by atoms with Crippen LogP contribution in [-0.2, 0) is 18.3 Å². The molecule has 3 heterocycles. The number of hydrogen-bond donors (Lipinski definition) is 3. The van der Waals surface area contributed by atoms with Gasteiger partial charge in [0.15, 0.2) is 0 Å². The molecule has 164 valence electrons. The lowest BCUT2D eigenvalue weighted by Gasteiger charge is -2.32. The molecule has 1 saturated carbocycles. The second-order valence-electron chi connectivity index (χ2n) is 9.11. The van der Waals surface area contributed by atoms with Crippen molar-refractivity contribution in [1.82, 2.24) is 19.6 Å². The molecule has 5 rings (SSSR count). The van der Waals surface area contributed by atoms with Crippen molar-refractivity contribution < 1.29 is 8.76 Å². The summed E-state index contributed by atoms with van der Waals surface area (Å²) in [5, 5.41) is 4.58. The second-order valence-corrected chi connectivity index (χ2v) is 9.81. The van der Waals surface area contributed by atoms with Crippen LogP contribution in [0.1, 0.15) is 55.8 Å². The van der Waals surface area contributed by atoms with Gasteiger partial charge in [-0.3, -0.25) is 9.00 Å². The molecule has 0 bridgehead atoms. The minimum absolute atomic E-state index is 0.0639. The maximum atomic E-state index is 12.6. The molecule has 1 aliphatic carbocycles. The Bertz CT molecular complexity index is 1230. The standard InChI is InChI=1S/C23H28N4O3S/c1-14(26-31(29)30)15-3-4-16(20-12-23(6-7-23)8-10-24-20)18(11-15)19-13-27(2)22(28)21-17(19)5-9-25-21/h3-5,9,11,13-14,20,24-26H,6-8,10,12H2,1-2H3,(H,29,30)/p-1. The van der Waals surface area contributed by atoms with E-state index in [4.69, 9.17) is 0 Å². The molecule has 8 heteroatoms. The monoisotopic (exact) mass is 439 g/mol. The zero-order valence-electron chi connectivity index (χ0n) is 17.7. The van der Waals surface area contributed by atoms with Gasteiger partial charge in [-0.05, 0) is 73.4 Å². The van der Waals surface area contributed by atoms with Gasteiger partial charge in [-0.1, -0.05) is 12.1 Å². The van der Waals surface area contributed by atoms with E-state index in [0.717, 1.165) is 35.0 Å². The second kappa shape index (κ2) is 7.70. The number of pyridine rings is 1. The number of hydrogen-bond acceptors (Lipinski definition) is 4. The van der Waals surface area contributed by atoms with Gasteiger partial charge in [0, 0.05) is 53.7 Å². The largest absolute Gasteiger partial charge is 0.760 e. The molecule has 3 N–H and O–H groups in total. The summed E-state index contributed by atoms with van der Waals surface area (Å²) in [7, 11) is 1.76. The van der Waals surface area contributed by atoms with E-state index in [1.165, 1.54) is 24.8 Å². The molecule has 1 aromatic carbocycles. The fourth-order valence-corrected chi connectivity index (χ4v) is 5.47. The van der Waals surface area contributed by atoms with Gasteiger partial charge in [-0.15, -0.1) is 0 Å². The molecular formula is C23H27N4O3S-. The van der Waals surface area contributed by atoms with Gasteiger partial charge in [0.25, 0.3) is 5.56 Å². The van der Waals surface area contributed by atoms with Crippen LogP contribution in [0.4, 0.5) is 0 Å². The van der Waals surface area contributed by atoms with Crippen molar-refractivity contribution >= 4 is 22.2 Å². The molecule has 2 fully saturated rings. The summed E-state index contributed by atoms with van der Waals surface area (Å²) < 4.78 is 26.5. The fraction of sp³-hybridized carbons (Fsp3) is 0.435. The Kier molecular flexibility index (Phi) is 5.13. The van der Waals surface area contributed by atoms with Crippen molar-refractivity contribution in [3.05, 3.63) is 58.1 Å². The Balaban J connectivity index is 1.68. The van der Waals surface area contributed by atoms with Crippen molar-refractivity contribution in [2.75, 3.05) is 6.54 Å². The number of aromatic nitrogens is 2. The minimum atomic E-state index is -2.34. The van der Waals surface area contributed by atoms with Gasteiger partial charge in [0.1, 0.15) is 5.52 Å².